The summed E-state index contributed by atoms with van der Waals surface area (Å²) in [4.78, 5) is 3.09. The van der Waals surface area contributed by atoms with Gasteiger partial charge in [-0.05, 0) is 48.3 Å². The molecule has 1 aliphatic heterocycles. The molecule has 0 saturated carbocycles. The molecule has 1 atom stereocenters. The van der Waals surface area contributed by atoms with Crippen molar-refractivity contribution >= 4 is 46.0 Å². The van der Waals surface area contributed by atoms with E-state index in [9.17, 15) is 0 Å². The lowest BCUT2D eigenvalue weighted by molar-refractivity contribution is -0.918. The van der Waals surface area contributed by atoms with Gasteiger partial charge in [0, 0.05) is 23.6 Å². The van der Waals surface area contributed by atoms with Crippen molar-refractivity contribution in [3.63, 3.8) is 0 Å². The molecule has 2 aromatic rings. The molecule has 1 fully saturated rings. The molecule has 0 spiro atoms. The molecule has 1 aromatic heterocycles. The van der Waals surface area contributed by atoms with Crippen molar-refractivity contribution in [1.82, 2.24) is 5.32 Å². The van der Waals surface area contributed by atoms with Crippen molar-refractivity contribution in [1.29, 1.82) is 0 Å². The molecular formula is C18H23ClN3S2+. The molecule has 2 heterocycles. The first kappa shape index (κ1) is 17.7. The van der Waals surface area contributed by atoms with Gasteiger partial charge in [0.25, 0.3) is 0 Å². The summed E-state index contributed by atoms with van der Waals surface area (Å²) in [6.45, 7) is 5.34. The van der Waals surface area contributed by atoms with Crippen LogP contribution in [0.25, 0.3) is 0 Å². The number of anilines is 1. The van der Waals surface area contributed by atoms with Crippen LogP contribution in [0, 0.1) is 6.92 Å². The van der Waals surface area contributed by atoms with Gasteiger partial charge in [-0.25, -0.2) is 0 Å². The number of rotatable bonds is 5. The van der Waals surface area contributed by atoms with Gasteiger partial charge >= 0.3 is 0 Å². The zero-order valence-corrected chi connectivity index (χ0v) is 16.2. The predicted molar refractivity (Wildman–Crippen MR) is 107 cm³/mol. The van der Waals surface area contributed by atoms with Crippen LogP contribution in [0.3, 0.4) is 0 Å². The number of nitrogens with one attached hydrogen (secondary N) is 3. The molecule has 0 amide bonds. The SMILES string of the molecule is Cc1ccc(NC(=S)NC[C@@H](c2cccs2)[NH+]2CCCC2)cc1Cl. The maximum atomic E-state index is 6.17. The molecule has 128 valence electrons. The third-order valence-electron chi connectivity index (χ3n) is 4.52. The van der Waals surface area contributed by atoms with Crippen LogP contribution in [0.2, 0.25) is 5.02 Å². The minimum atomic E-state index is 0.467. The first-order valence-electron chi connectivity index (χ1n) is 8.32. The minimum absolute atomic E-state index is 0.467. The zero-order valence-electron chi connectivity index (χ0n) is 13.8. The van der Waals surface area contributed by atoms with Gasteiger partial charge in [0.1, 0.15) is 6.04 Å². The topological polar surface area (TPSA) is 28.5 Å². The van der Waals surface area contributed by atoms with Crippen LogP contribution in [0.1, 0.15) is 29.3 Å². The van der Waals surface area contributed by atoms with Crippen molar-refractivity contribution in [3.8, 4) is 0 Å². The number of hydrogen-bond donors (Lipinski definition) is 3. The molecule has 3 N–H and O–H groups in total. The second kappa shape index (κ2) is 8.30. The molecular weight excluding hydrogens is 358 g/mol. The van der Waals surface area contributed by atoms with Crippen LogP contribution < -0.4 is 15.5 Å². The summed E-state index contributed by atoms with van der Waals surface area (Å²) in [7, 11) is 0. The van der Waals surface area contributed by atoms with Crippen LogP contribution in [0.4, 0.5) is 5.69 Å². The highest BCUT2D eigenvalue weighted by Gasteiger charge is 2.28. The van der Waals surface area contributed by atoms with Gasteiger partial charge in [-0.3, -0.25) is 0 Å². The number of aryl methyl sites for hydroxylation is 1. The highest BCUT2D eigenvalue weighted by Crippen LogP contribution is 2.20. The Balaban J connectivity index is 1.59. The van der Waals surface area contributed by atoms with Gasteiger partial charge in [-0.2, -0.15) is 0 Å². The molecule has 1 aromatic carbocycles. The number of thiocarbonyl (C=S) groups is 1. The monoisotopic (exact) mass is 380 g/mol. The Morgan fingerprint density at radius 2 is 2.12 bits per heavy atom. The number of thiophene rings is 1. The maximum absolute atomic E-state index is 6.17. The van der Waals surface area contributed by atoms with E-state index in [1.165, 1.54) is 30.8 Å². The summed E-state index contributed by atoms with van der Waals surface area (Å²) < 4.78 is 0. The maximum Gasteiger partial charge on any atom is 0.171 e. The summed E-state index contributed by atoms with van der Waals surface area (Å²) in [5, 5.41) is 10.2. The lowest BCUT2D eigenvalue weighted by Gasteiger charge is -2.24. The summed E-state index contributed by atoms with van der Waals surface area (Å²) >= 11 is 13.5. The van der Waals surface area contributed by atoms with Crippen LogP contribution in [0.5, 0.6) is 0 Å². The number of benzene rings is 1. The normalized spacial score (nSPS) is 16.1. The molecule has 0 bridgehead atoms. The number of hydrogen-bond acceptors (Lipinski definition) is 2. The highest BCUT2D eigenvalue weighted by atomic mass is 35.5. The van der Waals surface area contributed by atoms with Crippen molar-refractivity contribution in [2.75, 3.05) is 25.0 Å². The fourth-order valence-corrected chi connectivity index (χ4v) is 4.42. The molecule has 0 aliphatic carbocycles. The molecule has 0 unspecified atom stereocenters. The molecule has 0 radical (unpaired) electrons. The van der Waals surface area contributed by atoms with Crippen molar-refractivity contribution < 1.29 is 4.90 Å². The van der Waals surface area contributed by atoms with Gasteiger partial charge < -0.3 is 15.5 Å². The van der Waals surface area contributed by atoms with Crippen molar-refractivity contribution in [2.45, 2.75) is 25.8 Å². The average molecular weight is 381 g/mol. The van der Waals surface area contributed by atoms with E-state index in [0.717, 1.165) is 22.8 Å². The Morgan fingerprint density at radius 1 is 1.33 bits per heavy atom. The second-order valence-corrected chi connectivity index (χ2v) is 8.03. The Hall–Kier alpha value is -1.14. The molecule has 1 saturated heterocycles. The van der Waals surface area contributed by atoms with E-state index >= 15 is 0 Å². The standard InChI is InChI=1S/C18H22ClN3S2/c1-13-6-7-14(11-15(13)19)21-18(23)20-12-16(17-5-4-10-24-17)22-8-2-3-9-22/h4-7,10-11,16H,2-3,8-9,12H2,1H3,(H2,20,21,23)/p+1/t16-/m0/s1. The van der Waals surface area contributed by atoms with E-state index in [2.05, 4.69) is 28.1 Å². The van der Waals surface area contributed by atoms with Crippen molar-refractivity contribution in [3.05, 3.63) is 51.2 Å². The highest BCUT2D eigenvalue weighted by molar-refractivity contribution is 7.80. The van der Waals surface area contributed by atoms with Crippen molar-refractivity contribution in [2.24, 2.45) is 0 Å². The predicted octanol–water partition coefficient (Wildman–Crippen LogP) is 3.42. The quantitative estimate of drug-likeness (QED) is 0.694. The van der Waals surface area contributed by atoms with Gasteiger partial charge in [0.2, 0.25) is 0 Å². The van der Waals surface area contributed by atoms with Crippen LogP contribution >= 0.6 is 35.2 Å². The fourth-order valence-electron chi connectivity index (χ4n) is 3.15. The molecule has 3 nitrogen and oxygen atoms in total. The van der Waals surface area contributed by atoms with E-state index in [1.807, 2.05) is 36.5 Å². The summed E-state index contributed by atoms with van der Waals surface area (Å²) in [5.41, 5.74) is 1.99. The number of likely N-dealkylation sites (tertiary alicyclic amines) is 1. The largest absolute Gasteiger partial charge is 0.356 e. The third-order valence-corrected chi connectivity index (χ3v) is 6.16. The Morgan fingerprint density at radius 3 is 2.79 bits per heavy atom. The van der Waals surface area contributed by atoms with E-state index < -0.39 is 0 Å². The summed E-state index contributed by atoms with van der Waals surface area (Å²) in [5.74, 6) is 0. The fraction of sp³-hybridized carbons (Fsp3) is 0.389. The smallest absolute Gasteiger partial charge is 0.171 e. The third kappa shape index (κ3) is 4.48. The Labute approximate surface area is 158 Å². The van der Waals surface area contributed by atoms with Gasteiger partial charge in [0.05, 0.1) is 24.5 Å². The summed E-state index contributed by atoms with van der Waals surface area (Å²) in [6, 6.07) is 10.7. The molecule has 6 heteroatoms. The van der Waals surface area contributed by atoms with Crippen LogP contribution in [0.15, 0.2) is 35.7 Å². The first-order valence-corrected chi connectivity index (χ1v) is 9.99. The number of halogens is 1. The van der Waals surface area contributed by atoms with E-state index in [1.54, 1.807) is 4.90 Å². The van der Waals surface area contributed by atoms with Gasteiger partial charge in [0.15, 0.2) is 5.11 Å². The second-order valence-electron chi connectivity index (χ2n) is 6.23. The molecule has 24 heavy (non-hydrogen) atoms. The lowest BCUT2D eigenvalue weighted by atomic mass is 10.2. The molecule has 1 aliphatic rings. The average Bonchev–Trinajstić information content (AvgIpc) is 3.25. The Bertz CT molecular complexity index is 682. The van der Waals surface area contributed by atoms with Gasteiger partial charge in [-0.1, -0.05) is 23.7 Å². The van der Waals surface area contributed by atoms with Crippen LogP contribution in [-0.4, -0.2) is 24.7 Å². The minimum Gasteiger partial charge on any atom is -0.356 e. The van der Waals surface area contributed by atoms with Gasteiger partial charge in [-0.15, -0.1) is 11.3 Å². The zero-order chi connectivity index (χ0) is 16.9. The van der Waals surface area contributed by atoms with E-state index in [4.69, 9.17) is 23.8 Å². The first-order chi connectivity index (χ1) is 11.6. The van der Waals surface area contributed by atoms with E-state index in [-0.39, 0.29) is 0 Å². The van der Waals surface area contributed by atoms with Crippen LogP contribution in [-0.2, 0) is 0 Å². The molecule has 3 rings (SSSR count). The van der Waals surface area contributed by atoms with E-state index in [0.29, 0.717) is 11.2 Å². The summed E-state index contributed by atoms with van der Waals surface area (Å²) in [6.07, 6.45) is 2.64. The Kier molecular flexibility index (Phi) is 6.11. The number of quaternary nitrogens is 1. The lowest BCUT2D eigenvalue weighted by Crippen LogP contribution is -3.11.